The Morgan fingerprint density at radius 2 is 2.21 bits per heavy atom. The number of hydrogen-bond acceptors (Lipinski definition) is 3. The third-order valence-corrected chi connectivity index (χ3v) is 2.99. The summed E-state index contributed by atoms with van der Waals surface area (Å²) in [6.45, 7) is 5.74. The molecule has 0 radical (unpaired) electrons. The van der Waals surface area contributed by atoms with E-state index in [1.54, 1.807) is 6.07 Å². The van der Waals surface area contributed by atoms with E-state index >= 15 is 0 Å². The Labute approximate surface area is 113 Å². The minimum atomic E-state index is -0.850. The van der Waals surface area contributed by atoms with Gasteiger partial charge in [-0.1, -0.05) is 13.0 Å². The Morgan fingerprint density at radius 1 is 1.47 bits per heavy atom. The first-order chi connectivity index (χ1) is 9.08. The molecule has 0 aliphatic carbocycles. The number of nitrogens with one attached hydrogen (secondary N) is 1. The van der Waals surface area contributed by atoms with Gasteiger partial charge in [0.15, 0.2) is 0 Å². The van der Waals surface area contributed by atoms with Crippen molar-refractivity contribution < 1.29 is 14.3 Å². The summed E-state index contributed by atoms with van der Waals surface area (Å²) in [4.78, 5) is 13.0. The number of carbonyl (C=O) groups is 1. The second kappa shape index (κ2) is 7.74. The fourth-order valence-electron chi connectivity index (χ4n) is 1.99. The monoisotopic (exact) mass is 268 g/mol. The second-order valence-corrected chi connectivity index (χ2v) is 4.30. The van der Waals surface area contributed by atoms with E-state index in [0.717, 1.165) is 5.69 Å². The van der Waals surface area contributed by atoms with Crippen LogP contribution in [-0.2, 0) is 4.79 Å². The van der Waals surface area contributed by atoms with Gasteiger partial charge in [0.1, 0.15) is 11.9 Å². The van der Waals surface area contributed by atoms with Crippen LogP contribution in [0.5, 0.6) is 0 Å². The maximum Gasteiger partial charge on any atom is 0.320 e. The van der Waals surface area contributed by atoms with Gasteiger partial charge in [0.2, 0.25) is 0 Å². The van der Waals surface area contributed by atoms with E-state index in [2.05, 4.69) is 5.32 Å². The average Bonchev–Trinajstić information content (AvgIpc) is 2.38. The van der Waals surface area contributed by atoms with Crippen molar-refractivity contribution in [1.29, 1.82) is 0 Å². The molecule has 0 aromatic heterocycles. The normalized spacial score (nSPS) is 12.2. The zero-order valence-corrected chi connectivity index (χ0v) is 11.4. The van der Waals surface area contributed by atoms with Crippen LogP contribution >= 0.6 is 0 Å². The predicted octanol–water partition coefficient (Wildman–Crippen LogP) is 2.10. The molecule has 0 saturated carbocycles. The van der Waals surface area contributed by atoms with Crippen LogP contribution in [0, 0.1) is 5.82 Å². The van der Waals surface area contributed by atoms with E-state index in [1.165, 1.54) is 12.1 Å². The molecule has 0 saturated heterocycles. The lowest BCUT2D eigenvalue weighted by Gasteiger charge is -2.25. The van der Waals surface area contributed by atoms with Crippen molar-refractivity contribution in [3.8, 4) is 0 Å². The molecule has 1 rings (SSSR count). The minimum Gasteiger partial charge on any atom is -0.480 e. The molecule has 5 heteroatoms. The highest BCUT2D eigenvalue weighted by atomic mass is 19.1. The summed E-state index contributed by atoms with van der Waals surface area (Å²) in [5.74, 6) is -1.13. The summed E-state index contributed by atoms with van der Waals surface area (Å²) in [5.41, 5.74) is 0.781. The summed E-state index contributed by atoms with van der Waals surface area (Å²) < 4.78 is 13.2. The number of likely N-dealkylation sites (N-methyl/N-ethyl adjacent to an activating group) is 1. The summed E-state index contributed by atoms with van der Waals surface area (Å²) >= 11 is 0. The number of hydrogen-bond donors (Lipinski definition) is 2. The third kappa shape index (κ3) is 4.87. The second-order valence-electron chi connectivity index (χ2n) is 4.30. The molecule has 1 atom stereocenters. The van der Waals surface area contributed by atoms with Crippen molar-refractivity contribution >= 4 is 11.7 Å². The van der Waals surface area contributed by atoms with Gasteiger partial charge in [0, 0.05) is 18.8 Å². The first-order valence-electron chi connectivity index (χ1n) is 6.55. The zero-order chi connectivity index (χ0) is 14.3. The summed E-state index contributed by atoms with van der Waals surface area (Å²) in [6, 6.07) is 5.79. The Bertz CT molecular complexity index is 412. The van der Waals surface area contributed by atoms with Crippen LogP contribution in [0.3, 0.4) is 0 Å². The van der Waals surface area contributed by atoms with E-state index in [1.807, 2.05) is 24.8 Å². The number of nitrogens with zero attached hydrogens (tertiary/aromatic N) is 1. The van der Waals surface area contributed by atoms with E-state index < -0.39 is 12.0 Å². The molecule has 0 bridgehead atoms. The first-order valence-corrected chi connectivity index (χ1v) is 6.55. The third-order valence-electron chi connectivity index (χ3n) is 2.99. The number of halogens is 1. The molecule has 0 heterocycles. The fraction of sp³-hybridized carbons (Fsp3) is 0.500. The van der Waals surface area contributed by atoms with Gasteiger partial charge in [-0.25, -0.2) is 4.39 Å². The zero-order valence-electron chi connectivity index (χ0n) is 11.4. The highest BCUT2D eigenvalue weighted by molar-refractivity contribution is 5.73. The quantitative estimate of drug-likeness (QED) is 0.758. The summed E-state index contributed by atoms with van der Waals surface area (Å²) in [5, 5.41) is 12.0. The molecule has 19 heavy (non-hydrogen) atoms. The van der Waals surface area contributed by atoms with Crippen LogP contribution in [0.2, 0.25) is 0 Å². The van der Waals surface area contributed by atoms with Gasteiger partial charge >= 0.3 is 5.97 Å². The number of benzene rings is 1. The first kappa shape index (κ1) is 15.4. The van der Waals surface area contributed by atoms with E-state index in [-0.39, 0.29) is 5.82 Å². The lowest BCUT2D eigenvalue weighted by atomic mass is 10.2. The van der Waals surface area contributed by atoms with E-state index in [9.17, 15) is 9.18 Å². The van der Waals surface area contributed by atoms with Crippen LogP contribution in [0.4, 0.5) is 10.1 Å². The number of rotatable bonds is 8. The van der Waals surface area contributed by atoms with Crippen LogP contribution in [0.1, 0.15) is 20.3 Å². The smallest absolute Gasteiger partial charge is 0.320 e. The number of carboxylic acids is 1. The average molecular weight is 268 g/mol. The number of aliphatic carboxylic acids is 1. The Hall–Kier alpha value is -1.62. The van der Waals surface area contributed by atoms with Gasteiger partial charge in [-0.3, -0.25) is 4.79 Å². The van der Waals surface area contributed by atoms with E-state index in [0.29, 0.717) is 26.1 Å². The van der Waals surface area contributed by atoms with Crippen molar-refractivity contribution in [2.45, 2.75) is 26.3 Å². The molecule has 0 aliphatic heterocycles. The topological polar surface area (TPSA) is 52.6 Å². The molecule has 0 fully saturated rings. The van der Waals surface area contributed by atoms with Crippen LogP contribution in [0.25, 0.3) is 0 Å². The van der Waals surface area contributed by atoms with Crippen molar-refractivity contribution in [3.63, 3.8) is 0 Å². The molecular weight excluding hydrogens is 247 g/mol. The predicted molar refractivity (Wildman–Crippen MR) is 74.0 cm³/mol. The van der Waals surface area contributed by atoms with Crippen molar-refractivity contribution in [1.82, 2.24) is 5.32 Å². The Morgan fingerprint density at radius 3 is 2.74 bits per heavy atom. The van der Waals surface area contributed by atoms with Crippen LogP contribution < -0.4 is 10.2 Å². The van der Waals surface area contributed by atoms with Gasteiger partial charge in [-0.15, -0.1) is 0 Å². The van der Waals surface area contributed by atoms with Crippen LogP contribution in [0.15, 0.2) is 24.3 Å². The molecule has 2 N–H and O–H groups in total. The molecule has 0 aliphatic rings. The van der Waals surface area contributed by atoms with Gasteiger partial charge in [-0.05, 0) is 38.1 Å². The largest absolute Gasteiger partial charge is 0.480 e. The van der Waals surface area contributed by atoms with Crippen molar-refractivity contribution in [2.75, 3.05) is 24.5 Å². The van der Waals surface area contributed by atoms with E-state index in [4.69, 9.17) is 5.11 Å². The highest BCUT2D eigenvalue weighted by Crippen LogP contribution is 2.16. The summed E-state index contributed by atoms with van der Waals surface area (Å²) in [7, 11) is 0. The molecule has 4 nitrogen and oxygen atoms in total. The summed E-state index contributed by atoms with van der Waals surface area (Å²) in [6.07, 6.45) is 0.480. The number of carboxylic acid groups (broad SMARTS) is 1. The lowest BCUT2D eigenvalue weighted by Crippen LogP contribution is -2.39. The van der Waals surface area contributed by atoms with Crippen molar-refractivity contribution in [3.05, 3.63) is 30.1 Å². The highest BCUT2D eigenvalue weighted by Gasteiger charge is 2.17. The molecule has 0 spiro atoms. The SMILES string of the molecule is CCNC(CCN(CC)c1cccc(F)c1)C(=O)O. The molecule has 1 aromatic rings. The van der Waals surface area contributed by atoms with Crippen LogP contribution in [-0.4, -0.2) is 36.8 Å². The van der Waals surface area contributed by atoms with Gasteiger partial charge < -0.3 is 15.3 Å². The molecule has 1 unspecified atom stereocenters. The molecule has 0 amide bonds. The Kier molecular flexibility index (Phi) is 6.29. The molecule has 106 valence electrons. The maximum atomic E-state index is 13.2. The van der Waals surface area contributed by atoms with Crippen molar-refractivity contribution in [2.24, 2.45) is 0 Å². The van der Waals surface area contributed by atoms with Gasteiger partial charge in [0.05, 0.1) is 0 Å². The molecular formula is C14H21FN2O2. The van der Waals surface area contributed by atoms with Gasteiger partial charge in [-0.2, -0.15) is 0 Å². The maximum absolute atomic E-state index is 13.2. The minimum absolute atomic E-state index is 0.280. The van der Waals surface area contributed by atoms with Gasteiger partial charge in [0.25, 0.3) is 0 Å². The number of anilines is 1. The standard InChI is InChI=1S/C14H21FN2O2/c1-3-16-13(14(18)19)8-9-17(4-2)12-7-5-6-11(15)10-12/h5-7,10,13,16H,3-4,8-9H2,1-2H3,(H,18,19). The fourth-order valence-corrected chi connectivity index (χ4v) is 1.99. The lowest BCUT2D eigenvalue weighted by molar-refractivity contribution is -0.139. The Balaban J connectivity index is 2.64. The molecule has 1 aromatic carbocycles.